The van der Waals surface area contributed by atoms with Crippen molar-refractivity contribution in [3.8, 4) is 0 Å². The Kier molecular flexibility index (Phi) is 5.21. The number of benzene rings is 2. The molecule has 0 bridgehead atoms. The van der Waals surface area contributed by atoms with Crippen LogP contribution in [0.4, 0.5) is 17.2 Å². The predicted molar refractivity (Wildman–Crippen MR) is 105 cm³/mol. The van der Waals surface area contributed by atoms with Crippen LogP contribution in [0.1, 0.15) is 5.56 Å². The van der Waals surface area contributed by atoms with E-state index in [0.29, 0.717) is 12.3 Å². The summed E-state index contributed by atoms with van der Waals surface area (Å²) >= 11 is 1.61. The quantitative estimate of drug-likeness (QED) is 0.359. The molecule has 3 N–H and O–H groups in total. The number of anilines is 3. The third kappa shape index (κ3) is 3.92. The Balaban J connectivity index is 0.00000182. The third-order valence-electron chi connectivity index (χ3n) is 3.62. The molecule has 7 heteroatoms. The van der Waals surface area contributed by atoms with Gasteiger partial charge in [0, 0.05) is 29.4 Å². The van der Waals surface area contributed by atoms with Gasteiger partial charge >= 0.3 is 0 Å². The van der Waals surface area contributed by atoms with Crippen LogP contribution in [0, 0.1) is 5.41 Å². The first-order valence-corrected chi connectivity index (χ1v) is 8.38. The summed E-state index contributed by atoms with van der Waals surface area (Å²) in [5.41, 5.74) is 3.01. The summed E-state index contributed by atoms with van der Waals surface area (Å²) in [6.07, 6.45) is 3.92. The number of aromatic nitrogens is 2. The zero-order chi connectivity index (χ0) is 16.4. The topological polar surface area (TPSA) is 73.7 Å². The van der Waals surface area contributed by atoms with Crippen LogP contribution in [0.2, 0.25) is 0 Å². The molecule has 0 saturated carbocycles. The molecular formula is C18H16ClN5S. The molecule has 25 heavy (non-hydrogen) atoms. The van der Waals surface area contributed by atoms with Crippen molar-refractivity contribution in [2.75, 3.05) is 10.6 Å². The molecule has 2 aromatic carbocycles. The highest BCUT2D eigenvalue weighted by molar-refractivity contribution is 7.99. The average molecular weight is 370 g/mol. The van der Waals surface area contributed by atoms with Gasteiger partial charge < -0.3 is 10.6 Å². The Morgan fingerprint density at radius 2 is 1.88 bits per heavy atom. The summed E-state index contributed by atoms with van der Waals surface area (Å²) in [7, 11) is 0. The van der Waals surface area contributed by atoms with E-state index >= 15 is 0 Å². The first kappa shape index (κ1) is 17.3. The van der Waals surface area contributed by atoms with Crippen LogP contribution in [0.5, 0.6) is 0 Å². The summed E-state index contributed by atoms with van der Waals surface area (Å²) in [6.45, 7) is 0. The van der Waals surface area contributed by atoms with Gasteiger partial charge in [-0.05, 0) is 29.8 Å². The van der Waals surface area contributed by atoms with Gasteiger partial charge in [0.25, 0.3) is 0 Å². The lowest BCUT2D eigenvalue weighted by Crippen LogP contribution is -2.13. The van der Waals surface area contributed by atoms with Gasteiger partial charge in [0.1, 0.15) is 10.9 Å². The van der Waals surface area contributed by atoms with Crippen LogP contribution in [-0.4, -0.2) is 15.8 Å². The lowest BCUT2D eigenvalue weighted by Gasteiger charge is -2.19. The molecule has 1 aromatic heterocycles. The van der Waals surface area contributed by atoms with Crippen molar-refractivity contribution in [2.24, 2.45) is 0 Å². The standard InChI is InChI=1S/C18H15N5S.ClH/c19-16(22-13-4-2-1-3-5-13)11-12-6-7-15-14(10-12)23-17-18(24-15)21-9-8-20-17;/h1-10H,11H2,(H2,19,22)(H,20,23);1H. The lowest BCUT2D eigenvalue weighted by molar-refractivity contribution is 1.05. The van der Waals surface area contributed by atoms with Crippen molar-refractivity contribution in [3.05, 3.63) is 66.5 Å². The van der Waals surface area contributed by atoms with E-state index in [1.165, 1.54) is 0 Å². The maximum atomic E-state index is 8.16. The van der Waals surface area contributed by atoms with Crippen molar-refractivity contribution in [1.29, 1.82) is 5.41 Å². The monoisotopic (exact) mass is 369 g/mol. The number of nitrogens with one attached hydrogen (secondary N) is 3. The molecule has 0 aliphatic carbocycles. The number of amidine groups is 1. The molecular weight excluding hydrogens is 354 g/mol. The van der Waals surface area contributed by atoms with E-state index in [1.807, 2.05) is 30.3 Å². The molecule has 0 unspecified atom stereocenters. The maximum Gasteiger partial charge on any atom is 0.163 e. The molecule has 0 spiro atoms. The normalized spacial score (nSPS) is 11.4. The second-order valence-corrected chi connectivity index (χ2v) is 6.44. The van der Waals surface area contributed by atoms with Crippen molar-refractivity contribution >= 4 is 47.2 Å². The van der Waals surface area contributed by atoms with Gasteiger partial charge in [-0.1, -0.05) is 36.0 Å². The highest BCUT2D eigenvalue weighted by atomic mass is 35.5. The van der Waals surface area contributed by atoms with Crippen LogP contribution in [0.25, 0.3) is 0 Å². The number of hydrogen-bond acceptors (Lipinski definition) is 5. The van der Waals surface area contributed by atoms with Crippen LogP contribution in [-0.2, 0) is 6.42 Å². The number of fused-ring (bicyclic) bond motifs is 2. The van der Waals surface area contributed by atoms with Gasteiger partial charge in [0.2, 0.25) is 0 Å². The summed E-state index contributed by atoms with van der Waals surface area (Å²) < 4.78 is 0. The van der Waals surface area contributed by atoms with Gasteiger partial charge in [-0.3, -0.25) is 5.41 Å². The van der Waals surface area contributed by atoms with Crippen LogP contribution in [0.15, 0.2) is 70.8 Å². The second-order valence-electron chi connectivity index (χ2n) is 5.41. The minimum absolute atomic E-state index is 0. The smallest absolute Gasteiger partial charge is 0.163 e. The second kappa shape index (κ2) is 7.55. The van der Waals surface area contributed by atoms with Gasteiger partial charge in [0.05, 0.1) is 5.69 Å². The van der Waals surface area contributed by atoms with Crippen molar-refractivity contribution in [1.82, 2.24) is 9.97 Å². The Labute approximate surface area is 156 Å². The maximum absolute atomic E-state index is 8.16. The zero-order valence-electron chi connectivity index (χ0n) is 13.2. The summed E-state index contributed by atoms with van der Waals surface area (Å²) in [6, 6.07) is 16.0. The van der Waals surface area contributed by atoms with E-state index in [-0.39, 0.29) is 12.4 Å². The van der Waals surface area contributed by atoms with Crippen molar-refractivity contribution in [2.45, 2.75) is 16.3 Å². The molecule has 0 radical (unpaired) electrons. The first-order valence-electron chi connectivity index (χ1n) is 7.56. The molecule has 4 rings (SSSR count). The zero-order valence-corrected chi connectivity index (χ0v) is 14.8. The Hall–Kier alpha value is -2.57. The average Bonchev–Trinajstić information content (AvgIpc) is 2.60. The molecule has 5 nitrogen and oxygen atoms in total. The molecule has 1 aliphatic rings. The Morgan fingerprint density at radius 1 is 1.08 bits per heavy atom. The number of para-hydroxylation sites is 1. The molecule has 0 atom stereocenters. The van der Waals surface area contributed by atoms with Gasteiger partial charge in [-0.2, -0.15) is 0 Å². The molecule has 3 aromatic rings. The van der Waals surface area contributed by atoms with Gasteiger partial charge in [-0.15, -0.1) is 12.4 Å². The third-order valence-corrected chi connectivity index (χ3v) is 4.69. The number of rotatable bonds is 3. The SMILES string of the molecule is Cl.N=C(Cc1ccc2c(c1)Nc1nccnc1S2)Nc1ccccc1. The fraction of sp³-hybridized carbons (Fsp3) is 0.0556. The predicted octanol–water partition coefficient (Wildman–Crippen LogP) is 4.74. The fourth-order valence-corrected chi connectivity index (χ4v) is 3.41. The van der Waals surface area contributed by atoms with Crippen molar-refractivity contribution < 1.29 is 0 Å². The van der Waals surface area contributed by atoms with Crippen LogP contribution in [0.3, 0.4) is 0 Å². The van der Waals surface area contributed by atoms with Crippen LogP contribution >= 0.6 is 24.2 Å². The highest BCUT2D eigenvalue weighted by Crippen LogP contribution is 2.42. The first-order chi connectivity index (χ1) is 11.8. The van der Waals surface area contributed by atoms with Gasteiger partial charge in [-0.25, -0.2) is 9.97 Å². The number of halogens is 1. The molecule has 1 aliphatic heterocycles. The molecule has 0 saturated heterocycles. The molecule has 126 valence electrons. The van der Waals surface area contributed by atoms with Gasteiger partial charge in [0.15, 0.2) is 5.82 Å². The Bertz CT molecular complexity index is 901. The summed E-state index contributed by atoms with van der Waals surface area (Å²) in [4.78, 5) is 9.76. The van der Waals surface area contributed by atoms with E-state index in [0.717, 1.165) is 32.7 Å². The summed E-state index contributed by atoms with van der Waals surface area (Å²) in [5, 5.41) is 15.5. The minimum Gasteiger partial charge on any atom is -0.344 e. The molecule has 2 heterocycles. The highest BCUT2D eigenvalue weighted by Gasteiger charge is 2.17. The fourth-order valence-electron chi connectivity index (χ4n) is 2.54. The largest absolute Gasteiger partial charge is 0.344 e. The van der Waals surface area contributed by atoms with Crippen LogP contribution < -0.4 is 10.6 Å². The molecule has 0 amide bonds. The number of hydrogen-bond donors (Lipinski definition) is 3. The number of nitrogens with zero attached hydrogens (tertiary/aromatic N) is 2. The summed E-state index contributed by atoms with van der Waals surface area (Å²) in [5.74, 6) is 1.24. The van der Waals surface area contributed by atoms with Crippen molar-refractivity contribution in [3.63, 3.8) is 0 Å². The Morgan fingerprint density at radius 3 is 2.72 bits per heavy atom. The minimum atomic E-state index is 0. The van der Waals surface area contributed by atoms with E-state index in [2.05, 4.69) is 38.8 Å². The van der Waals surface area contributed by atoms with E-state index in [4.69, 9.17) is 5.41 Å². The van der Waals surface area contributed by atoms with E-state index in [1.54, 1.807) is 24.2 Å². The van der Waals surface area contributed by atoms with E-state index < -0.39 is 0 Å². The lowest BCUT2D eigenvalue weighted by atomic mass is 10.1. The molecule has 0 fully saturated rings. The van der Waals surface area contributed by atoms with E-state index in [9.17, 15) is 0 Å².